The van der Waals surface area contributed by atoms with Crippen LogP contribution < -0.4 is 5.32 Å². The normalized spacial score (nSPS) is 12.6. The van der Waals surface area contributed by atoms with Crippen molar-refractivity contribution in [1.29, 1.82) is 0 Å². The highest BCUT2D eigenvalue weighted by Gasteiger charge is 2.18. The summed E-state index contributed by atoms with van der Waals surface area (Å²) in [6, 6.07) is 5.75. The third kappa shape index (κ3) is 3.92. The molecule has 1 N–H and O–H groups in total. The van der Waals surface area contributed by atoms with Gasteiger partial charge in [-0.2, -0.15) is 0 Å². The maximum absolute atomic E-state index is 6.26. The summed E-state index contributed by atoms with van der Waals surface area (Å²) in [5, 5.41) is 9.08. The Morgan fingerprint density at radius 2 is 2.15 bits per heavy atom. The molecule has 0 aliphatic heterocycles. The van der Waals surface area contributed by atoms with Gasteiger partial charge in [-0.3, -0.25) is 0 Å². The Morgan fingerprint density at radius 3 is 2.80 bits per heavy atom. The van der Waals surface area contributed by atoms with E-state index in [2.05, 4.69) is 21.8 Å². The van der Waals surface area contributed by atoms with Crippen LogP contribution in [0.2, 0.25) is 10.0 Å². The van der Waals surface area contributed by atoms with E-state index in [4.69, 9.17) is 23.2 Å². The van der Waals surface area contributed by atoms with Crippen molar-refractivity contribution in [3.8, 4) is 0 Å². The first-order valence-electron chi connectivity index (χ1n) is 6.58. The van der Waals surface area contributed by atoms with Crippen molar-refractivity contribution in [2.75, 3.05) is 6.54 Å². The predicted octanol–water partition coefficient (Wildman–Crippen LogP) is 4.44. The van der Waals surface area contributed by atoms with E-state index >= 15 is 0 Å². The van der Waals surface area contributed by atoms with Crippen LogP contribution in [0.4, 0.5) is 0 Å². The molecule has 20 heavy (non-hydrogen) atoms. The second kappa shape index (κ2) is 7.36. The molecule has 1 aromatic heterocycles. The van der Waals surface area contributed by atoms with Gasteiger partial charge in [-0.25, -0.2) is 0 Å². The summed E-state index contributed by atoms with van der Waals surface area (Å²) >= 11 is 13.8. The maximum Gasteiger partial charge on any atom is 0.0772 e. The summed E-state index contributed by atoms with van der Waals surface area (Å²) in [7, 11) is 0. The van der Waals surface area contributed by atoms with Gasteiger partial charge in [0, 0.05) is 16.1 Å². The smallest absolute Gasteiger partial charge is 0.0772 e. The molecule has 0 aliphatic carbocycles. The molecule has 1 unspecified atom stereocenters. The van der Waals surface area contributed by atoms with Crippen molar-refractivity contribution in [3.63, 3.8) is 0 Å². The van der Waals surface area contributed by atoms with Crippen LogP contribution in [-0.2, 0) is 6.42 Å². The Hall–Kier alpha value is -0.680. The van der Waals surface area contributed by atoms with Gasteiger partial charge in [0.2, 0.25) is 0 Å². The topological polar surface area (TPSA) is 37.8 Å². The second-order valence-electron chi connectivity index (χ2n) is 4.67. The predicted molar refractivity (Wildman–Crippen MR) is 85.8 cm³/mol. The number of rotatable bonds is 6. The summed E-state index contributed by atoms with van der Waals surface area (Å²) < 4.78 is 4.02. The molecule has 0 spiro atoms. The first-order chi connectivity index (χ1) is 9.61. The third-order valence-electron chi connectivity index (χ3n) is 3.08. The van der Waals surface area contributed by atoms with Gasteiger partial charge in [-0.1, -0.05) is 34.6 Å². The molecule has 1 aromatic carbocycles. The Balaban J connectivity index is 2.23. The van der Waals surface area contributed by atoms with E-state index < -0.39 is 0 Å². The van der Waals surface area contributed by atoms with E-state index in [0.29, 0.717) is 5.02 Å². The molecule has 0 amide bonds. The number of hydrogen-bond donors (Lipinski definition) is 1. The summed E-state index contributed by atoms with van der Waals surface area (Å²) in [4.78, 5) is 1.16. The lowest BCUT2D eigenvalue weighted by atomic mass is 10.0. The molecule has 108 valence electrons. The Kier molecular flexibility index (Phi) is 5.78. The Bertz CT molecular complexity index is 571. The molecule has 0 fully saturated rings. The highest BCUT2D eigenvalue weighted by atomic mass is 35.5. The van der Waals surface area contributed by atoms with Crippen molar-refractivity contribution in [1.82, 2.24) is 14.9 Å². The Morgan fingerprint density at radius 1 is 1.35 bits per heavy atom. The maximum atomic E-state index is 6.26. The highest BCUT2D eigenvalue weighted by Crippen LogP contribution is 2.28. The standard InChI is InChI=1S/C14H17Cl2N3S/c1-3-6-17-13(14-9(2)18-19-20-14)8-10-7-11(15)4-5-12(10)16/h4-5,7,13,17H,3,6,8H2,1-2H3. The van der Waals surface area contributed by atoms with E-state index in [1.54, 1.807) is 6.07 Å². The molecule has 2 aromatic rings. The fourth-order valence-electron chi connectivity index (χ4n) is 2.05. The molecular formula is C14H17Cl2N3S. The number of aromatic nitrogens is 2. The first-order valence-corrected chi connectivity index (χ1v) is 8.11. The summed E-state index contributed by atoms with van der Waals surface area (Å²) in [6.45, 7) is 5.08. The van der Waals surface area contributed by atoms with Crippen molar-refractivity contribution in [3.05, 3.63) is 44.4 Å². The fourth-order valence-corrected chi connectivity index (χ4v) is 3.16. The minimum atomic E-state index is 0.172. The van der Waals surface area contributed by atoms with Gasteiger partial charge < -0.3 is 5.32 Å². The summed E-state index contributed by atoms with van der Waals surface area (Å²) in [5.74, 6) is 0. The SMILES string of the molecule is CCCNC(Cc1cc(Cl)ccc1Cl)c1snnc1C. The molecule has 0 bridgehead atoms. The lowest BCUT2D eigenvalue weighted by Crippen LogP contribution is -2.24. The zero-order valence-electron chi connectivity index (χ0n) is 11.5. The van der Waals surface area contributed by atoms with Gasteiger partial charge in [0.15, 0.2) is 0 Å². The van der Waals surface area contributed by atoms with Crippen LogP contribution >= 0.6 is 34.7 Å². The van der Waals surface area contributed by atoms with E-state index in [1.165, 1.54) is 11.5 Å². The van der Waals surface area contributed by atoms with Crippen molar-refractivity contribution >= 4 is 34.7 Å². The van der Waals surface area contributed by atoms with Crippen LogP contribution in [0.3, 0.4) is 0 Å². The molecule has 0 radical (unpaired) electrons. The molecule has 0 aliphatic rings. The lowest BCUT2D eigenvalue weighted by Gasteiger charge is -2.18. The van der Waals surface area contributed by atoms with Gasteiger partial charge in [0.25, 0.3) is 0 Å². The first kappa shape index (κ1) is 15.7. The lowest BCUT2D eigenvalue weighted by molar-refractivity contribution is 0.534. The van der Waals surface area contributed by atoms with Gasteiger partial charge in [-0.15, -0.1) is 5.10 Å². The molecule has 0 saturated heterocycles. The zero-order valence-corrected chi connectivity index (χ0v) is 13.8. The van der Waals surface area contributed by atoms with E-state index in [-0.39, 0.29) is 6.04 Å². The molecular weight excluding hydrogens is 313 g/mol. The largest absolute Gasteiger partial charge is 0.309 e. The highest BCUT2D eigenvalue weighted by molar-refractivity contribution is 7.05. The van der Waals surface area contributed by atoms with Crippen LogP contribution in [0.15, 0.2) is 18.2 Å². The monoisotopic (exact) mass is 329 g/mol. The van der Waals surface area contributed by atoms with Gasteiger partial charge in [0.05, 0.1) is 10.6 Å². The minimum absolute atomic E-state index is 0.172. The number of aryl methyl sites for hydroxylation is 1. The van der Waals surface area contributed by atoms with Crippen LogP contribution in [0.5, 0.6) is 0 Å². The fraction of sp³-hybridized carbons (Fsp3) is 0.429. The van der Waals surface area contributed by atoms with Crippen LogP contribution in [-0.4, -0.2) is 16.1 Å². The zero-order chi connectivity index (χ0) is 14.5. The van der Waals surface area contributed by atoms with Gasteiger partial charge >= 0.3 is 0 Å². The third-order valence-corrected chi connectivity index (χ3v) is 4.62. The number of nitrogens with one attached hydrogen (secondary N) is 1. The summed E-state index contributed by atoms with van der Waals surface area (Å²) in [5.41, 5.74) is 2.02. The number of hydrogen-bond acceptors (Lipinski definition) is 4. The molecule has 1 atom stereocenters. The molecule has 1 heterocycles. The molecule has 2 rings (SSSR count). The molecule has 3 nitrogen and oxygen atoms in total. The Labute approximate surface area is 133 Å². The minimum Gasteiger partial charge on any atom is -0.309 e. The molecule has 0 saturated carbocycles. The van der Waals surface area contributed by atoms with Crippen molar-refractivity contribution in [2.24, 2.45) is 0 Å². The van der Waals surface area contributed by atoms with Gasteiger partial charge in [0.1, 0.15) is 0 Å². The van der Waals surface area contributed by atoms with Gasteiger partial charge in [-0.05, 0) is 61.6 Å². The second-order valence-corrected chi connectivity index (χ2v) is 6.30. The molecule has 6 heteroatoms. The number of benzene rings is 1. The van der Waals surface area contributed by atoms with E-state index in [0.717, 1.165) is 40.5 Å². The van der Waals surface area contributed by atoms with Crippen molar-refractivity contribution < 1.29 is 0 Å². The van der Waals surface area contributed by atoms with Crippen LogP contribution in [0.25, 0.3) is 0 Å². The quantitative estimate of drug-likeness (QED) is 0.851. The average Bonchev–Trinajstić information content (AvgIpc) is 2.84. The van der Waals surface area contributed by atoms with Crippen LogP contribution in [0, 0.1) is 6.92 Å². The average molecular weight is 330 g/mol. The summed E-state index contributed by atoms with van der Waals surface area (Å²) in [6.07, 6.45) is 1.86. The van der Waals surface area contributed by atoms with E-state index in [9.17, 15) is 0 Å². The van der Waals surface area contributed by atoms with Crippen molar-refractivity contribution in [2.45, 2.75) is 32.7 Å². The number of nitrogens with zero attached hydrogens (tertiary/aromatic N) is 2. The number of halogens is 2. The van der Waals surface area contributed by atoms with Crippen LogP contribution in [0.1, 0.15) is 35.5 Å². The van der Waals surface area contributed by atoms with E-state index in [1.807, 2.05) is 19.1 Å².